The van der Waals surface area contributed by atoms with Crippen molar-refractivity contribution in [1.82, 2.24) is 0 Å². The lowest BCUT2D eigenvalue weighted by atomic mass is 9.74. The van der Waals surface area contributed by atoms with Crippen molar-refractivity contribution >= 4 is 6.08 Å². The third kappa shape index (κ3) is 3.27. The molecule has 0 fully saturated rings. The molecule has 0 saturated carbocycles. The zero-order valence-corrected chi connectivity index (χ0v) is 15.4. The molecule has 0 spiro atoms. The van der Waals surface area contributed by atoms with Crippen LogP contribution in [0, 0.1) is 17.2 Å². The Hall–Kier alpha value is -3.25. The highest BCUT2D eigenvalue weighted by atomic mass is 16.5. The van der Waals surface area contributed by atoms with Gasteiger partial charge in [0, 0.05) is 5.92 Å². The fraction of sp³-hybridized carbons (Fsp3) is 0.208. The Labute approximate surface area is 160 Å². The predicted molar refractivity (Wildman–Crippen MR) is 107 cm³/mol. The summed E-state index contributed by atoms with van der Waals surface area (Å²) in [6.45, 7) is 2.25. The zero-order chi connectivity index (χ0) is 18.8. The lowest BCUT2D eigenvalue weighted by Gasteiger charge is -2.35. The summed E-state index contributed by atoms with van der Waals surface area (Å²) < 4.78 is 6.02. The lowest BCUT2D eigenvalue weighted by Crippen LogP contribution is -2.25. The Balaban J connectivity index is 1.87. The molecular formula is C24H22N2O. The minimum atomic E-state index is -0.137. The third-order valence-corrected chi connectivity index (χ3v) is 5.23. The van der Waals surface area contributed by atoms with Gasteiger partial charge in [-0.25, -0.2) is 0 Å². The number of nitrogens with two attached hydrogens (primary N) is 1. The lowest BCUT2D eigenvalue weighted by molar-refractivity contribution is 0.268. The molecule has 2 aromatic rings. The van der Waals surface area contributed by atoms with Crippen LogP contribution in [0.1, 0.15) is 36.8 Å². The number of hydrogen-bond acceptors (Lipinski definition) is 3. The molecular weight excluding hydrogens is 332 g/mol. The van der Waals surface area contributed by atoms with E-state index in [0.717, 1.165) is 40.9 Å². The summed E-state index contributed by atoms with van der Waals surface area (Å²) in [4.78, 5) is 0. The Morgan fingerprint density at radius 1 is 1.04 bits per heavy atom. The fourth-order valence-electron chi connectivity index (χ4n) is 4.08. The minimum absolute atomic E-state index is 0.137. The van der Waals surface area contributed by atoms with Crippen molar-refractivity contribution in [2.24, 2.45) is 11.7 Å². The monoisotopic (exact) mass is 354 g/mol. The van der Waals surface area contributed by atoms with Gasteiger partial charge in [-0.05, 0) is 47.1 Å². The van der Waals surface area contributed by atoms with Gasteiger partial charge in [-0.15, -0.1) is 0 Å². The number of nitrogens with zero attached hydrogens (tertiary/aromatic N) is 1. The van der Waals surface area contributed by atoms with E-state index in [1.54, 1.807) is 0 Å². The summed E-state index contributed by atoms with van der Waals surface area (Å²) in [5.41, 5.74) is 11.2. The first-order chi connectivity index (χ1) is 13.2. The third-order valence-electron chi connectivity index (χ3n) is 5.23. The summed E-state index contributed by atoms with van der Waals surface area (Å²) in [5.74, 6) is 1.41. The molecule has 1 aliphatic heterocycles. The number of hydrogen-bond donors (Lipinski definition) is 1. The van der Waals surface area contributed by atoms with Gasteiger partial charge in [-0.1, -0.05) is 67.6 Å². The van der Waals surface area contributed by atoms with E-state index in [1.807, 2.05) is 36.4 Å². The van der Waals surface area contributed by atoms with Crippen LogP contribution in [0.2, 0.25) is 0 Å². The molecule has 0 amide bonds. The van der Waals surface area contributed by atoms with Crippen LogP contribution in [0.5, 0.6) is 0 Å². The Morgan fingerprint density at radius 2 is 1.70 bits per heavy atom. The van der Waals surface area contributed by atoms with Crippen LogP contribution in [-0.4, -0.2) is 0 Å². The Bertz CT molecular complexity index is 978. The van der Waals surface area contributed by atoms with Crippen LogP contribution < -0.4 is 5.73 Å². The largest absolute Gasteiger partial charge is 0.440 e. The van der Waals surface area contributed by atoms with E-state index >= 15 is 0 Å². The topological polar surface area (TPSA) is 59.0 Å². The molecule has 1 aliphatic carbocycles. The van der Waals surface area contributed by atoms with E-state index in [-0.39, 0.29) is 11.8 Å². The quantitative estimate of drug-likeness (QED) is 0.800. The molecule has 0 unspecified atom stereocenters. The van der Waals surface area contributed by atoms with E-state index < -0.39 is 0 Å². The van der Waals surface area contributed by atoms with Crippen molar-refractivity contribution in [3.63, 3.8) is 0 Å². The molecule has 3 heteroatoms. The van der Waals surface area contributed by atoms with Gasteiger partial charge in [0.1, 0.15) is 17.4 Å². The van der Waals surface area contributed by atoms with E-state index in [0.29, 0.717) is 11.5 Å². The predicted octanol–water partition coefficient (Wildman–Crippen LogP) is 5.26. The molecule has 2 aromatic carbocycles. The molecule has 2 N–H and O–H groups in total. The molecule has 2 aliphatic rings. The maximum Gasteiger partial charge on any atom is 0.205 e. The summed E-state index contributed by atoms with van der Waals surface area (Å²) in [5, 5.41) is 9.75. The molecule has 0 radical (unpaired) electrons. The first-order valence-corrected chi connectivity index (χ1v) is 9.29. The second kappa shape index (κ2) is 7.17. The highest BCUT2D eigenvalue weighted by Gasteiger charge is 2.37. The van der Waals surface area contributed by atoms with E-state index in [2.05, 4.69) is 43.3 Å². The van der Waals surface area contributed by atoms with E-state index in [4.69, 9.17) is 10.5 Å². The average Bonchev–Trinajstić information content (AvgIpc) is 2.69. The second-order valence-corrected chi connectivity index (χ2v) is 7.28. The summed E-state index contributed by atoms with van der Waals surface area (Å²) >= 11 is 0. The summed E-state index contributed by atoms with van der Waals surface area (Å²) in [6, 6.07) is 22.7. The van der Waals surface area contributed by atoms with Gasteiger partial charge in [0.15, 0.2) is 0 Å². The number of allylic oxidation sites excluding steroid dienone is 3. The summed E-state index contributed by atoms with van der Waals surface area (Å²) in [7, 11) is 0. The molecule has 0 bridgehead atoms. The van der Waals surface area contributed by atoms with Crippen molar-refractivity contribution < 1.29 is 4.74 Å². The zero-order valence-electron chi connectivity index (χ0n) is 15.4. The number of nitriles is 1. The van der Waals surface area contributed by atoms with Gasteiger partial charge in [-0.2, -0.15) is 5.26 Å². The molecule has 3 nitrogen and oxygen atoms in total. The normalized spacial score (nSPS) is 23.6. The van der Waals surface area contributed by atoms with Gasteiger partial charge >= 0.3 is 0 Å². The standard InChI is InChI=1S/C24H22N2O/c1-16-12-19(14-17-8-4-2-5-9-17)23-20(13-16)22(18-10-6-3-7-11-18)21(15-25)24(26)27-23/h2-11,14,16,22H,12-13,26H2,1H3/b19-14+/t16-,22+/m1/s1. The number of benzene rings is 2. The minimum Gasteiger partial charge on any atom is -0.440 e. The SMILES string of the molecule is C[C@H]1CC2=C(OC(N)=C(C#N)[C@H]2c2ccccc2)/C(=C/c2ccccc2)C1. The smallest absolute Gasteiger partial charge is 0.205 e. The van der Waals surface area contributed by atoms with Gasteiger partial charge in [0.05, 0.1) is 0 Å². The molecule has 2 atom stereocenters. The first kappa shape index (κ1) is 17.2. The van der Waals surface area contributed by atoms with E-state index in [9.17, 15) is 5.26 Å². The van der Waals surface area contributed by atoms with Crippen molar-refractivity contribution in [3.8, 4) is 6.07 Å². The molecule has 27 heavy (non-hydrogen) atoms. The number of ether oxygens (including phenoxy) is 1. The van der Waals surface area contributed by atoms with Crippen molar-refractivity contribution in [2.45, 2.75) is 25.7 Å². The van der Waals surface area contributed by atoms with Crippen LogP contribution >= 0.6 is 0 Å². The van der Waals surface area contributed by atoms with Crippen molar-refractivity contribution in [1.29, 1.82) is 5.26 Å². The van der Waals surface area contributed by atoms with Crippen LogP contribution in [-0.2, 0) is 4.74 Å². The van der Waals surface area contributed by atoms with Gasteiger partial charge in [0.2, 0.25) is 5.88 Å². The first-order valence-electron chi connectivity index (χ1n) is 9.29. The molecule has 1 heterocycles. The van der Waals surface area contributed by atoms with Gasteiger partial charge < -0.3 is 10.5 Å². The van der Waals surface area contributed by atoms with Gasteiger partial charge in [0.25, 0.3) is 0 Å². The second-order valence-electron chi connectivity index (χ2n) is 7.28. The van der Waals surface area contributed by atoms with Crippen LogP contribution in [0.15, 0.2) is 89.0 Å². The average molecular weight is 354 g/mol. The molecule has 0 aromatic heterocycles. The molecule has 134 valence electrons. The maximum absolute atomic E-state index is 9.75. The molecule has 4 rings (SSSR count). The van der Waals surface area contributed by atoms with Crippen molar-refractivity contribution in [3.05, 3.63) is 100 Å². The maximum atomic E-state index is 9.75. The van der Waals surface area contributed by atoms with Crippen LogP contribution in [0.25, 0.3) is 6.08 Å². The Morgan fingerprint density at radius 3 is 2.37 bits per heavy atom. The fourth-order valence-corrected chi connectivity index (χ4v) is 4.08. The number of rotatable bonds is 2. The van der Waals surface area contributed by atoms with Crippen LogP contribution in [0.3, 0.4) is 0 Å². The van der Waals surface area contributed by atoms with E-state index in [1.165, 1.54) is 0 Å². The van der Waals surface area contributed by atoms with Crippen LogP contribution in [0.4, 0.5) is 0 Å². The highest BCUT2D eigenvalue weighted by Crippen LogP contribution is 2.48. The van der Waals surface area contributed by atoms with Gasteiger partial charge in [-0.3, -0.25) is 0 Å². The van der Waals surface area contributed by atoms with Crippen molar-refractivity contribution in [2.75, 3.05) is 0 Å². The highest BCUT2D eigenvalue weighted by molar-refractivity contribution is 5.62. The summed E-state index contributed by atoms with van der Waals surface area (Å²) in [6.07, 6.45) is 4.02. The molecule has 0 saturated heterocycles. The Kier molecular flexibility index (Phi) is 4.56.